The van der Waals surface area contributed by atoms with E-state index in [-0.39, 0.29) is 17.4 Å². The van der Waals surface area contributed by atoms with Crippen LogP contribution in [0.3, 0.4) is 0 Å². The van der Waals surface area contributed by atoms with E-state index < -0.39 is 0 Å². The van der Waals surface area contributed by atoms with Crippen molar-refractivity contribution in [3.8, 4) is 0 Å². The zero-order valence-corrected chi connectivity index (χ0v) is 12.5. The Morgan fingerprint density at radius 1 is 1.42 bits per heavy atom. The normalized spacial score (nSPS) is 13.2. The molecule has 0 amide bonds. The number of nitrogens with two attached hydrogens (primary N) is 1. The SMILES string of the molecule is CCC/C=C\C(Cl)=C(/N)c1cccc(C(C)C)c1F. The van der Waals surface area contributed by atoms with Crippen molar-refractivity contribution in [3.05, 3.63) is 52.3 Å². The number of hydrogen-bond acceptors (Lipinski definition) is 1. The first-order valence-electron chi connectivity index (χ1n) is 6.59. The van der Waals surface area contributed by atoms with Gasteiger partial charge in [0.15, 0.2) is 0 Å². The van der Waals surface area contributed by atoms with Crippen molar-refractivity contribution in [2.24, 2.45) is 5.73 Å². The molecule has 0 spiro atoms. The molecule has 1 rings (SSSR count). The van der Waals surface area contributed by atoms with Crippen LogP contribution < -0.4 is 5.73 Å². The predicted octanol–water partition coefficient (Wildman–Crippen LogP) is 5.17. The standard InChI is InChI=1S/C16H21ClFN/c1-4-5-6-10-14(17)16(19)13-9-7-8-12(11(2)3)15(13)18/h6-11H,4-5,19H2,1-3H3/b10-6-,16-14+. The molecule has 3 heteroatoms. The van der Waals surface area contributed by atoms with Gasteiger partial charge in [0.05, 0.1) is 10.7 Å². The first kappa shape index (κ1) is 15.8. The number of benzene rings is 1. The average molecular weight is 282 g/mol. The molecule has 0 fully saturated rings. The van der Waals surface area contributed by atoms with E-state index in [1.165, 1.54) is 0 Å². The van der Waals surface area contributed by atoms with E-state index in [0.29, 0.717) is 16.2 Å². The van der Waals surface area contributed by atoms with Gasteiger partial charge in [-0.25, -0.2) is 4.39 Å². The zero-order valence-electron chi connectivity index (χ0n) is 11.7. The van der Waals surface area contributed by atoms with Crippen molar-refractivity contribution in [1.82, 2.24) is 0 Å². The molecule has 0 unspecified atom stereocenters. The number of unbranched alkanes of at least 4 members (excludes halogenated alkanes) is 1. The highest BCUT2D eigenvalue weighted by Gasteiger charge is 2.13. The van der Waals surface area contributed by atoms with Crippen LogP contribution in [-0.2, 0) is 0 Å². The highest BCUT2D eigenvalue weighted by atomic mass is 35.5. The average Bonchev–Trinajstić information content (AvgIpc) is 2.38. The van der Waals surface area contributed by atoms with Gasteiger partial charge in [0.1, 0.15) is 5.82 Å². The largest absolute Gasteiger partial charge is 0.397 e. The fourth-order valence-corrected chi connectivity index (χ4v) is 1.97. The van der Waals surface area contributed by atoms with E-state index in [1.54, 1.807) is 24.3 Å². The summed E-state index contributed by atoms with van der Waals surface area (Å²) in [5.41, 5.74) is 7.26. The van der Waals surface area contributed by atoms with E-state index in [4.69, 9.17) is 17.3 Å². The Kier molecular flexibility index (Phi) is 6.10. The highest BCUT2D eigenvalue weighted by molar-refractivity contribution is 6.34. The maximum atomic E-state index is 14.3. The first-order valence-corrected chi connectivity index (χ1v) is 6.97. The van der Waals surface area contributed by atoms with Gasteiger partial charge in [0, 0.05) is 5.56 Å². The van der Waals surface area contributed by atoms with Gasteiger partial charge in [0.25, 0.3) is 0 Å². The summed E-state index contributed by atoms with van der Waals surface area (Å²) in [7, 11) is 0. The minimum atomic E-state index is -0.281. The Bertz CT molecular complexity index is 490. The van der Waals surface area contributed by atoms with Gasteiger partial charge in [-0.3, -0.25) is 0 Å². The van der Waals surface area contributed by atoms with Crippen molar-refractivity contribution in [1.29, 1.82) is 0 Å². The Morgan fingerprint density at radius 2 is 2.11 bits per heavy atom. The van der Waals surface area contributed by atoms with Crippen LogP contribution in [0.4, 0.5) is 4.39 Å². The second-order valence-electron chi connectivity index (χ2n) is 4.82. The van der Waals surface area contributed by atoms with E-state index >= 15 is 0 Å². The third-order valence-electron chi connectivity index (χ3n) is 2.92. The zero-order chi connectivity index (χ0) is 14.4. The van der Waals surface area contributed by atoms with Crippen LogP contribution in [0.1, 0.15) is 50.7 Å². The number of halogens is 2. The van der Waals surface area contributed by atoms with E-state index in [0.717, 1.165) is 12.8 Å². The fraction of sp³-hybridized carbons (Fsp3) is 0.375. The molecule has 0 atom stereocenters. The lowest BCUT2D eigenvalue weighted by atomic mass is 9.98. The molecule has 2 N–H and O–H groups in total. The second-order valence-corrected chi connectivity index (χ2v) is 5.22. The van der Waals surface area contributed by atoms with E-state index in [1.807, 2.05) is 19.9 Å². The summed E-state index contributed by atoms with van der Waals surface area (Å²) in [5.74, 6) is -0.167. The molecule has 0 heterocycles. The van der Waals surface area contributed by atoms with Crippen LogP contribution in [-0.4, -0.2) is 0 Å². The molecular formula is C16H21ClFN. The first-order chi connectivity index (χ1) is 8.99. The van der Waals surface area contributed by atoms with Gasteiger partial charge in [-0.2, -0.15) is 0 Å². The Balaban J connectivity index is 3.15. The minimum absolute atomic E-state index is 0.113. The molecule has 0 aliphatic heterocycles. The molecule has 0 radical (unpaired) electrons. The maximum absolute atomic E-state index is 14.3. The molecule has 0 aromatic heterocycles. The lowest BCUT2D eigenvalue weighted by Gasteiger charge is -2.11. The van der Waals surface area contributed by atoms with Gasteiger partial charge in [-0.1, -0.05) is 57.0 Å². The van der Waals surface area contributed by atoms with Gasteiger partial charge >= 0.3 is 0 Å². The molecule has 0 aliphatic carbocycles. The van der Waals surface area contributed by atoms with Gasteiger partial charge in [0.2, 0.25) is 0 Å². The molecule has 0 saturated carbocycles. The lowest BCUT2D eigenvalue weighted by molar-refractivity contribution is 0.594. The summed E-state index contributed by atoms with van der Waals surface area (Å²) in [6, 6.07) is 5.24. The highest BCUT2D eigenvalue weighted by Crippen LogP contribution is 2.26. The number of allylic oxidation sites excluding steroid dienone is 3. The lowest BCUT2D eigenvalue weighted by Crippen LogP contribution is -2.04. The smallest absolute Gasteiger partial charge is 0.135 e. The van der Waals surface area contributed by atoms with Crippen molar-refractivity contribution < 1.29 is 4.39 Å². The molecule has 0 aliphatic rings. The third kappa shape index (κ3) is 4.10. The number of rotatable bonds is 5. The molecule has 1 aromatic carbocycles. The topological polar surface area (TPSA) is 26.0 Å². The van der Waals surface area contributed by atoms with Crippen LogP contribution in [0.2, 0.25) is 0 Å². The molecular weight excluding hydrogens is 261 g/mol. The molecule has 19 heavy (non-hydrogen) atoms. The van der Waals surface area contributed by atoms with Crippen LogP contribution in [0.15, 0.2) is 35.4 Å². The van der Waals surface area contributed by atoms with Crippen LogP contribution in [0.5, 0.6) is 0 Å². The molecule has 0 bridgehead atoms. The summed E-state index contributed by atoms with van der Waals surface area (Å²) in [6.45, 7) is 5.98. The Labute approximate surface area is 120 Å². The predicted molar refractivity (Wildman–Crippen MR) is 81.5 cm³/mol. The van der Waals surface area contributed by atoms with Crippen molar-refractivity contribution in [2.45, 2.75) is 39.5 Å². The summed E-state index contributed by atoms with van der Waals surface area (Å²) in [5, 5.41) is 0.383. The van der Waals surface area contributed by atoms with Crippen molar-refractivity contribution >= 4 is 17.3 Å². The summed E-state index contributed by atoms with van der Waals surface area (Å²) >= 11 is 6.11. The minimum Gasteiger partial charge on any atom is -0.397 e. The monoisotopic (exact) mass is 281 g/mol. The Hall–Kier alpha value is -1.28. The van der Waals surface area contributed by atoms with Crippen LogP contribution in [0, 0.1) is 5.82 Å². The molecule has 104 valence electrons. The van der Waals surface area contributed by atoms with E-state index in [9.17, 15) is 4.39 Å². The Morgan fingerprint density at radius 3 is 2.68 bits per heavy atom. The summed E-state index contributed by atoms with van der Waals surface area (Å²) < 4.78 is 14.3. The van der Waals surface area contributed by atoms with Gasteiger partial charge in [-0.05, 0) is 30.0 Å². The molecule has 0 saturated heterocycles. The molecule has 1 nitrogen and oxygen atoms in total. The van der Waals surface area contributed by atoms with Crippen LogP contribution >= 0.6 is 11.6 Å². The van der Waals surface area contributed by atoms with Crippen molar-refractivity contribution in [3.63, 3.8) is 0 Å². The summed E-state index contributed by atoms with van der Waals surface area (Å²) in [6.07, 6.45) is 5.65. The van der Waals surface area contributed by atoms with Gasteiger partial charge in [-0.15, -0.1) is 0 Å². The maximum Gasteiger partial charge on any atom is 0.135 e. The third-order valence-corrected chi connectivity index (χ3v) is 3.25. The van der Waals surface area contributed by atoms with Gasteiger partial charge < -0.3 is 5.73 Å². The van der Waals surface area contributed by atoms with Crippen LogP contribution in [0.25, 0.3) is 5.70 Å². The fourth-order valence-electron chi connectivity index (χ4n) is 1.78. The quantitative estimate of drug-likeness (QED) is 0.740. The summed E-state index contributed by atoms with van der Waals surface area (Å²) in [4.78, 5) is 0. The van der Waals surface area contributed by atoms with Crippen molar-refractivity contribution in [2.75, 3.05) is 0 Å². The van der Waals surface area contributed by atoms with E-state index in [2.05, 4.69) is 6.92 Å². The second kappa shape index (κ2) is 7.34. The number of hydrogen-bond donors (Lipinski definition) is 1. The molecule has 1 aromatic rings.